The molecule has 10 heteroatoms. The van der Waals surface area contributed by atoms with E-state index in [1.54, 1.807) is 13.4 Å². The van der Waals surface area contributed by atoms with E-state index < -0.39 is 0 Å². The van der Waals surface area contributed by atoms with Crippen LogP contribution in [0.1, 0.15) is 56.4 Å². The molecule has 1 fully saturated rings. The van der Waals surface area contributed by atoms with Crippen LogP contribution in [0.4, 0.5) is 4.79 Å². The third-order valence-corrected chi connectivity index (χ3v) is 4.02. The number of hydrogen-bond donors (Lipinski definition) is 1. The first kappa shape index (κ1) is 17.3. The number of carbonyl (C=O) groups excluding carboxylic acids is 1. The highest BCUT2D eigenvalue weighted by atomic mass is 16.5. The molecular formula is C15H23N7O3. The van der Waals surface area contributed by atoms with Crippen LogP contribution in [0.15, 0.2) is 10.9 Å². The molecule has 0 bridgehead atoms. The number of nitrogens with zero attached hydrogens (tertiary/aromatic N) is 6. The molecule has 136 valence electrons. The maximum Gasteiger partial charge on any atom is 0.317 e. The lowest BCUT2D eigenvalue weighted by atomic mass is 10.2. The number of hydrogen-bond acceptors (Lipinski definition) is 7. The van der Waals surface area contributed by atoms with Crippen LogP contribution in [0.3, 0.4) is 0 Å². The fourth-order valence-corrected chi connectivity index (χ4v) is 2.63. The van der Waals surface area contributed by atoms with Gasteiger partial charge in [0.05, 0.1) is 13.1 Å². The maximum atomic E-state index is 12.2. The summed E-state index contributed by atoms with van der Waals surface area (Å²) in [5.41, 5.74) is 0. The molecule has 1 N–H and O–H groups in total. The highest BCUT2D eigenvalue weighted by molar-refractivity contribution is 5.73. The molecule has 1 aliphatic rings. The largest absolute Gasteiger partial charge is 0.368 e. The summed E-state index contributed by atoms with van der Waals surface area (Å²) in [6.07, 6.45) is 3.41. The predicted molar refractivity (Wildman–Crippen MR) is 86.3 cm³/mol. The van der Waals surface area contributed by atoms with Gasteiger partial charge in [0.15, 0.2) is 11.6 Å². The van der Waals surface area contributed by atoms with Gasteiger partial charge in [-0.3, -0.25) is 0 Å². The predicted octanol–water partition coefficient (Wildman–Crippen LogP) is 1.44. The van der Waals surface area contributed by atoms with Gasteiger partial charge in [0.1, 0.15) is 12.4 Å². The minimum absolute atomic E-state index is 0.123. The Balaban J connectivity index is 1.51. The zero-order valence-electron chi connectivity index (χ0n) is 14.7. The summed E-state index contributed by atoms with van der Waals surface area (Å²) in [6, 6.07) is -0.0150. The van der Waals surface area contributed by atoms with Crippen LogP contribution in [0.2, 0.25) is 0 Å². The Morgan fingerprint density at radius 3 is 3.08 bits per heavy atom. The Labute approximate surface area is 145 Å². The van der Waals surface area contributed by atoms with Crippen LogP contribution in [0.25, 0.3) is 0 Å². The zero-order chi connectivity index (χ0) is 17.8. The van der Waals surface area contributed by atoms with E-state index in [9.17, 15) is 4.79 Å². The van der Waals surface area contributed by atoms with Gasteiger partial charge in [0.2, 0.25) is 0 Å². The summed E-state index contributed by atoms with van der Waals surface area (Å²) in [6.45, 7) is 5.34. The molecule has 0 aliphatic carbocycles. The molecule has 3 heterocycles. The Kier molecular flexibility index (Phi) is 5.27. The first-order chi connectivity index (χ1) is 12.0. The molecule has 10 nitrogen and oxygen atoms in total. The number of carbonyl (C=O) groups is 1. The van der Waals surface area contributed by atoms with Crippen molar-refractivity contribution in [3.63, 3.8) is 0 Å². The molecule has 1 saturated heterocycles. The van der Waals surface area contributed by atoms with E-state index >= 15 is 0 Å². The van der Waals surface area contributed by atoms with Crippen molar-refractivity contribution in [1.82, 2.24) is 35.1 Å². The summed E-state index contributed by atoms with van der Waals surface area (Å²) in [7, 11) is 1.70. The fraction of sp³-hybridized carbons (Fsp3) is 0.667. The molecule has 0 aromatic carbocycles. The standard InChI is InChI=1S/C15H23N7O3/c1-10(2)22-9-17-19-13(22)8-21(3)15(23)16-7-12-18-14(25-20-12)11-5-4-6-24-11/h9-11H,4-8H2,1-3H3,(H,16,23). The van der Waals surface area contributed by atoms with E-state index in [0.717, 1.165) is 18.7 Å². The summed E-state index contributed by atoms with van der Waals surface area (Å²) in [4.78, 5) is 18.0. The number of ether oxygens (including phenoxy) is 1. The molecule has 0 saturated carbocycles. The molecule has 2 amide bonds. The molecule has 2 aromatic rings. The van der Waals surface area contributed by atoms with Gasteiger partial charge in [-0.2, -0.15) is 4.98 Å². The summed E-state index contributed by atoms with van der Waals surface area (Å²) < 4.78 is 12.6. The molecular weight excluding hydrogens is 326 g/mol. The van der Waals surface area contributed by atoms with Crippen LogP contribution in [0.5, 0.6) is 0 Å². The lowest BCUT2D eigenvalue weighted by Crippen LogP contribution is -2.37. The lowest BCUT2D eigenvalue weighted by Gasteiger charge is -2.18. The molecule has 0 spiro atoms. The van der Waals surface area contributed by atoms with Crippen molar-refractivity contribution in [1.29, 1.82) is 0 Å². The normalized spacial score (nSPS) is 17.2. The zero-order valence-corrected chi connectivity index (χ0v) is 14.7. The lowest BCUT2D eigenvalue weighted by molar-refractivity contribution is 0.0835. The second-order valence-corrected chi connectivity index (χ2v) is 6.31. The monoisotopic (exact) mass is 349 g/mol. The van der Waals surface area contributed by atoms with Crippen LogP contribution in [-0.2, 0) is 17.8 Å². The second-order valence-electron chi connectivity index (χ2n) is 6.31. The van der Waals surface area contributed by atoms with Crippen molar-refractivity contribution in [3.05, 3.63) is 23.9 Å². The maximum absolute atomic E-state index is 12.2. The number of aromatic nitrogens is 5. The van der Waals surface area contributed by atoms with Crippen LogP contribution >= 0.6 is 0 Å². The first-order valence-corrected chi connectivity index (χ1v) is 8.36. The quantitative estimate of drug-likeness (QED) is 0.839. The van der Waals surface area contributed by atoms with Crippen molar-refractivity contribution >= 4 is 6.03 Å². The van der Waals surface area contributed by atoms with Gasteiger partial charge in [0, 0.05) is 19.7 Å². The number of nitrogens with one attached hydrogen (secondary N) is 1. The van der Waals surface area contributed by atoms with E-state index in [4.69, 9.17) is 9.26 Å². The van der Waals surface area contributed by atoms with Crippen LogP contribution in [0, 0.1) is 0 Å². The first-order valence-electron chi connectivity index (χ1n) is 8.36. The SMILES string of the molecule is CC(C)n1cnnc1CN(C)C(=O)NCc1noc(C2CCCO2)n1. The van der Waals surface area contributed by atoms with Gasteiger partial charge >= 0.3 is 6.03 Å². The highest BCUT2D eigenvalue weighted by Crippen LogP contribution is 2.26. The van der Waals surface area contributed by atoms with E-state index in [2.05, 4.69) is 25.7 Å². The van der Waals surface area contributed by atoms with Gasteiger partial charge in [-0.1, -0.05) is 5.16 Å². The van der Waals surface area contributed by atoms with E-state index in [1.807, 2.05) is 18.4 Å². The van der Waals surface area contributed by atoms with Crippen molar-refractivity contribution in [2.45, 2.75) is 51.9 Å². The van der Waals surface area contributed by atoms with Gasteiger partial charge in [0.25, 0.3) is 5.89 Å². The molecule has 1 unspecified atom stereocenters. The summed E-state index contributed by atoms with van der Waals surface area (Å²) >= 11 is 0. The minimum Gasteiger partial charge on any atom is -0.368 e. The van der Waals surface area contributed by atoms with Gasteiger partial charge in [-0.15, -0.1) is 10.2 Å². The van der Waals surface area contributed by atoms with Crippen molar-refractivity contribution in [2.24, 2.45) is 0 Å². The Morgan fingerprint density at radius 2 is 2.36 bits per heavy atom. The van der Waals surface area contributed by atoms with Crippen molar-refractivity contribution in [3.8, 4) is 0 Å². The van der Waals surface area contributed by atoms with Gasteiger partial charge in [-0.05, 0) is 26.7 Å². The molecule has 1 atom stereocenters. The minimum atomic E-state index is -0.248. The summed E-state index contributed by atoms with van der Waals surface area (Å²) in [5.74, 6) is 1.63. The van der Waals surface area contributed by atoms with Crippen LogP contribution in [-0.4, -0.2) is 49.5 Å². The van der Waals surface area contributed by atoms with Crippen LogP contribution < -0.4 is 5.32 Å². The average molecular weight is 349 g/mol. The topological polar surface area (TPSA) is 111 Å². The van der Waals surface area contributed by atoms with Gasteiger partial charge < -0.3 is 24.0 Å². The average Bonchev–Trinajstić information content (AvgIpc) is 3.32. The molecule has 2 aromatic heterocycles. The number of rotatable bonds is 6. The van der Waals surface area contributed by atoms with E-state index in [1.165, 1.54) is 4.90 Å². The molecule has 1 aliphatic heterocycles. The third kappa shape index (κ3) is 4.13. The molecule has 0 radical (unpaired) electrons. The molecule has 3 rings (SSSR count). The Hall–Kier alpha value is -2.49. The summed E-state index contributed by atoms with van der Waals surface area (Å²) in [5, 5.41) is 14.6. The van der Waals surface area contributed by atoms with Gasteiger partial charge in [-0.25, -0.2) is 4.79 Å². The molecule has 25 heavy (non-hydrogen) atoms. The highest BCUT2D eigenvalue weighted by Gasteiger charge is 2.24. The third-order valence-electron chi connectivity index (χ3n) is 4.02. The second kappa shape index (κ2) is 7.60. The van der Waals surface area contributed by atoms with Crippen molar-refractivity contribution in [2.75, 3.05) is 13.7 Å². The Bertz CT molecular complexity index is 706. The van der Waals surface area contributed by atoms with E-state index in [-0.39, 0.29) is 24.7 Å². The number of amides is 2. The Morgan fingerprint density at radius 1 is 1.52 bits per heavy atom. The van der Waals surface area contributed by atoms with Crippen molar-refractivity contribution < 1.29 is 14.1 Å². The van der Waals surface area contributed by atoms with E-state index in [0.29, 0.717) is 24.9 Å². The fourth-order valence-electron chi connectivity index (χ4n) is 2.63. The number of urea groups is 1. The smallest absolute Gasteiger partial charge is 0.317 e.